The Balaban J connectivity index is 1.26. The molecule has 8 nitrogen and oxygen atoms in total. The minimum atomic E-state index is -4.61. The number of rotatable bonds is 7. The van der Waals surface area contributed by atoms with E-state index in [1.807, 2.05) is 43.4 Å². The largest absolute Gasteiger partial charge is 0.494 e. The minimum Gasteiger partial charge on any atom is -0.494 e. The molecule has 2 aromatic heterocycles. The van der Waals surface area contributed by atoms with Gasteiger partial charge in [-0.15, -0.1) is 0 Å². The zero-order valence-corrected chi connectivity index (χ0v) is 23.9. The summed E-state index contributed by atoms with van der Waals surface area (Å²) in [5.74, 6) is 1.89. The lowest BCUT2D eigenvalue weighted by Gasteiger charge is -2.25. The van der Waals surface area contributed by atoms with Crippen molar-refractivity contribution in [2.24, 2.45) is 11.8 Å². The van der Waals surface area contributed by atoms with Gasteiger partial charge in [0.25, 0.3) is 0 Å². The van der Waals surface area contributed by atoms with Gasteiger partial charge in [0.05, 0.1) is 29.9 Å². The van der Waals surface area contributed by atoms with Gasteiger partial charge in [-0.2, -0.15) is 13.2 Å². The number of nitrogens with zero attached hydrogens (tertiary/aromatic N) is 5. The van der Waals surface area contributed by atoms with E-state index in [2.05, 4.69) is 42.0 Å². The Morgan fingerprint density at radius 3 is 2.40 bits per heavy atom. The number of halogens is 3. The molecule has 2 aromatic carbocycles. The maximum absolute atomic E-state index is 14.2. The highest BCUT2D eigenvalue weighted by Gasteiger charge is 2.40. The number of methoxy groups -OCH3 is 1. The summed E-state index contributed by atoms with van der Waals surface area (Å²) in [6, 6.07) is 11.7. The molecular formula is C31H34F3N7O. The number of nitrogens with one attached hydrogen (secondary N) is 2. The zero-order chi connectivity index (χ0) is 29.2. The third-order valence-corrected chi connectivity index (χ3v) is 8.87. The SMILES string of the molecule is CNc1cc(Nc2ncc(C(F)(F)F)c(-c3cn(C4CC4)c4ccccc34)n2)c(OC)cc1N1CC2CN(C)CC2C1. The summed E-state index contributed by atoms with van der Waals surface area (Å²) < 4.78 is 50.6. The number of aromatic nitrogens is 3. The Morgan fingerprint density at radius 1 is 1.00 bits per heavy atom. The average Bonchev–Trinajstić information content (AvgIpc) is 3.49. The molecule has 0 amide bonds. The van der Waals surface area contributed by atoms with Crippen LogP contribution < -0.4 is 20.3 Å². The Hall–Kier alpha value is -3.99. The molecule has 2 saturated heterocycles. The molecule has 220 valence electrons. The molecule has 42 heavy (non-hydrogen) atoms. The van der Waals surface area contributed by atoms with E-state index in [4.69, 9.17) is 4.74 Å². The van der Waals surface area contributed by atoms with E-state index < -0.39 is 11.7 Å². The molecule has 2 atom stereocenters. The molecule has 2 aliphatic heterocycles. The summed E-state index contributed by atoms with van der Waals surface area (Å²) in [5.41, 5.74) is 2.84. The van der Waals surface area contributed by atoms with E-state index in [1.54, 1.807) is 13.3 Å². The Bertz CT molecular complexity index is 1630. The number of benzene rings is 2. The molecule has 1 saturated carbocycles. The van der Waals surface area contributed by atoms with Crippen LogP contribution >= 0.6 is 0 Å². The van der Waals surface area contributed by atoms with Crippen LogP contribution in [0.15, 0.2) is 48.8 Å². The average molecular weight is 578 g/mol. The van der Waals surface area contributed by atoms with Gasteiger partial charge >= 0.3 is 6.18 Å². The first kappa shape index (κ1) is 26.9. The van der Waals surface area contributed by atoms with Crippen LogP contribution in [0, 0.1) is 11.8 Å². The van der Waals surface area contributed by atoms with Crippen LogP contribution in [-0.4, -0.2) is 66.8 Å². The van der Waals surface area contributed by atoms with Gasteiger partial charge in [-0.05, 0) is 43.9 Å². The minimum absolute atomic E-state index is 0.0631. The maximum atomic E-state index is 14.2. The molecule has 11 heteroatoms. The van der Waals surface area contributed by atoms with Crippen molar-refractivity contribution >= 4 is 33.9 Å². The van der Waals surface area contributed by atoms with Crippen molar-refractivity contribution in [1.29, 1.82) is 0 Å². The highest BCUT2D eigenvalue weighted by molar-refractivity contribution is 5.96. The molecule has 3 fully saturated rings. The topological polar surface area (TPSA) is 70.5 Å². The number of para-hydroxylation sites is 1. The number of fused-ring (bicyclic) bond motifs is 2. The van der Waals surface area contributed by atoms with Crippen LogP contribution in [0.3, 0.4) is 0 Å². The predicted octanol–water partition coefficient (Wildman–Crippen LogP) is 6.24. The van der Waals surface area contributed by atoms with Gasteiger partial charge in [0.15, 0.2) is 0 Å². The van der Waals surface area contributed by atoms with Gasteiger partial charge in [0, 0.05) is 74.2 Å². The number of hydrogen-bond donors (Lipinski definition) is 2. The maximum Gasteiger partial charge on any atom is 0.419 e. The van der Waals surface area contributed by atoms with Gasteiger partial charge in [0.1, 0.15) is 11.3 Å². The van der Waals surface area contributed by atoms with E-state index in [0.29, 0.717) is 34.9 Å². The third kappa shape index (κ3) is 4.69. The quantitative estimate of drug-likeness (QED) is 0.269. The third-order valence-electron chi connectivity index (χ3n) is 8.87. The van der Waals surface area contributed by atoms with E-state index >= 15 is 0 Å². The van der Waals surface area contributed by atoms with Crippen molar-refractivity contribution < 1.29 is 17.9 Å². The lowest BCUT2D eigenvalue weighted by molar-refractivity contribution is -0.137. The van der Waals surface area contributed by atoms with E-state index in [-0.39, 0.29) is 11.6 Å². The number of anilines is 4. The fraction of sp³-hybridized carbons (Fsp3) is 0.419. The van der Waals surface area contributed by atoms with E-state index in [0.717, 1.165) is 67.5 Å². The number of likely N-dealkylation sites (tertiary alicyclic amines) is 1. The Labute approximate surface area is 242 Å². The van der Waals surface area contributed by atoms with Crippen molar-refractivity contribution in [1.82, 2.24) is 19.4 Å². The fourth-order valence-electron chi connectivity index (χ4n) is 6.75. The first-order chi connectivity index (χ1) is 20.2. The highest BCUT2D eigenvalue weighted by atomic mass is 19.4. The van der Waals surface area contributed by atoms with Crippen molar-refractivity contribution in [2.45, 2.75) is 25.1 Å². The summed E-state index contributed by atoms with van der Waals surface area (Å²) in [6.07, 6.45) is 0.0909. The Kier molecular flexibility index (Phi) is 6.45. The van der Waals surface area contributed by atoms with Crippen LogP contribution in [0.25, 0.3) is 22.2 Å². The summed E-state index contributed by atoms with van der Waals surface area (Å²) in [5, 5.41) is 7.18. The molecule has 7 rings (SSSR count). The number of alkyl halides is 3. The van der Waals surface area contributed by atoms with E-state index in [1.165, 1.54) is 0 Å². The van der Waals surface area contributed by atoms with Gasteiger partial charge in [-0.25, -0.2) is 9.97 Å². The van der Waals surface area contributed by atoms with Gasteiger partial charge in [0.2, 0.25) is 5.95 Å². The molecular weight excluding hydrogens is 543 g/mol. The molecule has 0 radical (unpaired) electrons. The smallest absolute Gasteiger partial charge is 0.419 e. The molecule has 2 N–H and O–H groups in total. The van der Waals surface area contributed by atoms with Crippen molar-refractivity contribution in [3.63, 3.8) is 0 Å². The van der Waals surface area contributed by atoms with E-state index in [9.17, 15) is 13.2 Å². The number of ether oxygens (including phenoxy) is 1. The molecule has 1 aliphatic carbocycles. The zero-order valence-electron chi connectivity index (χ0n) is 23.9. The first-order valence-corrected chi connectivity index (χ1v) is 14.4. The van der Waals surface area contributed by atoms with Gasteiger partial charge in [-0.3, -0.25) is 0 Å². The van der Waals surface area contributed by atoms with Crippen LogP contribution in [0.5, 0.6) is 5.75 Å². The van der Waals surface area contributed by atoms with Crippen molar-refractivity contribution in [2.75, 3.05) is 62.9 Å². The molecule has 2 unspecified atom stereocenters. The predicted molar refractivity (Wildman–Crippen MR) is 159 cm³/mol. The summed E-state index contributed by atoms with van der Waals surface area (Å²) in [4.78, 5) is 13.4. The lowest BCUT2D eigenvalue weighted by atomic mass is 10.0. The van der Waals surface area contributed by atoms with Crippen LogP contribution in [0.1, 0.15) is 24.4 Å². The van der Waals surface area contributed by atoms with Crippen LogP contribution in [0.2, 0.25) is 0 Å². The number of hydrogen-bond acceptors (Lipinski definition) is 7. The lowest BCUT2D eigenvalue weighted by Crippen LogP contribution is -2.27. The fourth-order valence-corrected chi connectivity index (χ4v) is 6.75. The first-order valence-electron chi connectivity index (χ1n) is 14.4. The normalized spacial score (nSPS) is 20.8. The van der Waals surface area contributed by atoms with Gasteiger partial charge in [-0.1, -0.05) is 18.2 Å². The van der Waals surface area contributed by atoms with Crippen LogP contribution in [-0.2, 0) is 6.18 Å². The standard InChI is InChI=1S/C31H34F3N7O/c1-35-24-10-25(28(42-3)11-27(24)40-15-18-13-39(2)14-19(18)16-40)37-30-36-12-23(31(32,33)34)29(38-30)22-17-41(20-8-9-20)26-7-5-4-6-21(22)26/h4-7,10-12,17-20,35H,8-9,13-16H2,1-3H3,(H,36,37,38). The summed E-state index contributed by atoms with van der Waals surface area (Å²) in [6.45, 7) is 4.14. The molecule has 4 aromatic rings. The molecule has 4 heterocycles. The molecule has 0 spiro atoms. The van der Waals surface area contributed by atoms with Gasteiger partial charge < -0.3 is 29.7 Å². The van der Waals surface area contributed by atoms with Crippen LogP contribution in [0.4, 0.5) is 36.2 Å². The molecule has 3 aliphatic rings. The second-order valence-electron chi connectivity index (χ2n) is 11.7. The summed E-state index contributed by atoms with van der Waals surface area (Å²) >= 11 is 0. The van der Waals surface area contributed by atoms with Crippen molar-refractivity contribution in [3.05, 3.63) is 54.4 Å². The Morgan fingerprint density at radius 2 is 1.74 bits per heavy atom. The highest BCUT2D eigenvalue weighted by Crippen LogP contribution is 2.45. The van der Waals surface area contributed by atoms with Crippen molar-refractivity contribution in [3.8, 4) is 17.0 Å². The monoisotopic (exact) mass is 577 g/mol. The molecule has 0 bridgehead atoms. The second-order valence-corrected chi connectivity index (χ2v) is 11.7. The second kappa shape index (κ2) is 10.1. The summed E-state index contributed by atoms with van der Waals surface area (Å²) in [7, 11) is 5.62.